The second kappa shape index (κ2) is 13.0. The maximum Gasteiger partial charge on any atom is 0.308 e. The van der Waals surface area contributed by atoms with Gasteiger partial charge in [0.25, 0.3) is 0 Å². The number of ether oxygens (including phenoxy) is 2. The lowest BCUT2D eigenvalue weighted by molar-refractivity contribution is -0.146. The maximum absolute atomic E-state index is 11.3. The largest absolute Gasteiger partial charge is 0.469 e. The third kappa shape index (κ3) is 8.89. The van der Waals surface area contributed by atoms with Crippen LogP contribution in [0, 0.1) is 17.8 Å². The summed E-state index contributed by atoms with van der Waals surface area (Å²) in [6.07, 6.45) is 6.60. The molecule has 3 rings (SSSR count). The van der Waals surface area contributed by atoms with Gasteiger partial charge in [-0.05, 0) is 55.2 Å². The van der Waals surface area contributed by atoms with Crippen LogP contribution in [0.25, 0.3) is 0 Å². The van der Waals surface area contributed by atoms with Crippen LogP contribution in [0.2, 0.25) is 0 Å². The molecule has 0 aliphatic heterocycles. The minimum absolute atomic E-state index is 0.0142. The van der Waals surface area contributed by atoms with Crippen molar-refractivity contribution < 1.29 is 22.7 Å². The van der Waals surface area contributed by atoms with E-state index in [1.165, 1.54) is 44.1 Å². The van der Waals surface area contributed by atoms with E-state index in [1.54, 1.807) is 13.2 Å². The molecule has 0 heterocycles. The molecule has 0 aromatic heterocycles. The number of sulfonamides is 1. The van der Waals surface area contributed by atoms with Crippen molar-refractivity contribution in [1.29, 1.82) is 0 Å². The number of esters is 1. The molecule has 1 aliphatic carbocycles. The molecule has 0 unspecified atom stereocenters. The summed E-state index contributed by atoms with van der Waals surface area (Å²) in [5.74, 6) is 6.13. The van der Waals surface area contributed by atoms with Gasteiger partial charge in [0, 0.05) is 23.9 Å². The van der Waals surface area contributed by atoms with Crippen molar-refractivity contribution in [2.45, 2.75) is 43.4 Å². The first-order chi connectivity index (χ1) is 15.7. The smallest absolute Gasteiger partial charge is 0.308 e. The van der Waals surface area contributed by atoms with E-state index in [1.807, 2.05) is 24.3 Å². The van der Waals surface area contributed by atoms with E-state index in [4.69, 9.17) is 15.6 Å². The molecule has 178 valence electrons. The lowest BCUT2D eigenvalue weighted by Gasteiger charge is -2.18. The highest BCUT2D eigenvalue weighted by molar-refractivity contribution is 7.89. The van der Waals surface area contributed by atoms with Crippen LogP contribution < -0.4 is 10.9 Å². The van der Waals surface area contributed by atoms with Gasteiger partial charge in [0.1, 0.15) is 0 Å². The summed E-state index contributed by atoms with van der Waals surface area (Å²) in [5.41, 5.74) is 8.68. The van der Waals surface area contributed by atoms with Gasteiger partial charge in [0.15, 0.2) is 0 Å². The van der Waals surface area contributed by atoms with Crippen molar-refractivity contribution in [2.24, 2.45) is 11.1 Å². The molecule has 0 saturated heterocycles. The third-order valence-electron chi connectivity index (χ3n) is 5.38. The molecule has 0 radical (unpaired) electrons. The average molecular weight is 473 g/mol. The van der Waals surface area contributed by atoms with E-state index in [-0.39, 0.29) is 22.5 Å². The minimum Gasteiger partial charge on any atom is -0.469 e. The van der Waals surface area contributed by atoms with E-state index >= 15 is 0 Å². The summed E-state index contributed by atoms with van der Waals surface area (Å²) < 4.78 is 32.2. The van der Waals surface area contributed by atoms with Crippen LogP contribution >= 0.6 is 0 Å². The molecule has 2 aromatic carbocycles. The van der Waals surface area contributed by atoms with Gasteiger partial charge in [-0.3, -0.25) is 4.79 Å². The SMILES string of the molecule is COC(=O)C1CCCCC1.COCCc1ccc(C#Cc2ccc(S(N)(=O)=O)cc2N)cc1. The van der Waals surface area contributed by atoms with Crippen LogP contribution in [-0.4, -0.2) is 35.2 Å². The van der Waals surface area contributed by atoms with Crippen molar-refractivity contribution >= 4 is 21.7 Å². The van der Waals surface area contributed by atoms with Crippen molar-refractivity contribution in [3.63, 3.8) is 0 Å². The Bertz CT molecular complexity index is 1080. The molecule has 8 heteroatoms. The van der Waals surface area contributed by atoms with Crippen LogP contribution in [-0.2, 0) is 30.7 Å². The zero-order valence-corrected chi connectivity index (χ0v) is 20.0. The molecule has 1 saturated carbocycles. The summed E-state index contributed by atoms with van der Waals surface area (Å²) in [7, 11) is -0.619. The van der Waals surface area contributed by atoms with Gasteiger partial charge in [0.05, 0.1) is 24.5 Å². The first-order valence-electron chi connectivity index (χ1n) is 10.8. The number of carbonyl (C=O) groups is 1. The molecule has 1 fully saturated rings. The highest BCUT2D eigenvalue weighted by Gasteiger charge is 2.20. The molecule has 2 aromatic rings. The Morgan fingerprint density at radius 1 is 1.03 bits per heavy atom. The van der Waals surface area contributed by atoms with Crippen LogP contribution in [0.15, 0.2) is 47.4 Å². The molecule has 33 heavy (non-hydrogen) atoms. The Labute approximate surface area is 196 Å². The normalized spacial score (nSPS) is 13.8. The fourth-order valence-electron chi connectivity index (χ4n) is 3.45. The number of rotatable bonds is 5. The van der Waals surface area contributed by atoms with Gasteiger partial charge in [-0.25, -0.2) is 13.6 Å². The fourth-order valence-corrected chi connectivity index (χ4v) is 4.00. The van der Waals surface area contributed by atoms with Crippen LogP contribution in [0.1, 0.15) is 48.8 Å². The van der Waals surface area contributed by atoms with E-state index in [9.17, 15) is 13.2 Å². The Kier molecular flexibility index (Phi) is 10.4. The Morgan fingerprint density at radius 2 is 1.70 bits per heavy atom. The number of methoxy groups -OCH3 is 2. The van der Waals surface area contributed by atoms with Crippen molar-refractivity contribution in [3.8, 4) is 11.8 Å². The Morgan fingerprint density at radius 3 is 2.24 bits per heavy atom. The molecule has 1 aliphatic rings. The molecule has 0 spiro atoms. The molecule has 0 atom stereocenters. The van der Waals surface area contributed by atoms with Crippen molar-refractivity contribution in [1.82, 2.24) is 0 Å². The first-order valence-corrected chi connectivity index (χ1v) is 12.4. The topological polar surface area (TPSA) is 122 Å². The van der Waals surface area contributed by atoms with E-state index < -0.39 is 10.0 Å². The lowest BCUT2D eigenvalue weighted by atomic mass is 9.89. The summed E-state index contributed by atoms with van der Waals surface area (Å²) in [5, 5.41) is 5.06. The van der Waals surface area contributed by atoms with Crippen LogP contribution in [0.3, 0.4) is 0 Å². The van der Waals surface area contributed by atoms with Gasteiger partial charge >= 0.3 is 5.97 Å². The highest BCUT2D eigenvalue weighted by Crippen LogP contribution is 2.24. The molecular formula is C25H32N2O5S. The predicted octanol–water partition coefficient (Wildman–Crippen LogP) is 3.24. The third-order valence-corrected chi connectivity index (χ3v) is 6.29. The number of hydrogen-bond acceptors (Lipinski definition) is 6. The number of nitrogen functional groups attached to an aromatic ring is 1. The quantitative estimate of drug-likeness (QED) is 0.391. The van der Waals surface area contributed by atoms with E-state index in [2.05, 4.69) is 16.6 Å². The van der Waals surface area contributed by atoms with Crippen LogP contribution in [0.5, 0.6) is 0 Å². The predicted molar refractivity (Wildman–Crippen MR) is 129 cm³/mol. The number of nitrogens with two attached hydrogens (primary N) is 2. The standard InChI is InChI=1S/C17H18N2O3S.C8H14O2/c1-22-11-10-14-4-2-13(3-5-14)6-7-15-8-9-16(12-17(15)18)23(19,20)21;1-10-8(9)7-5-3-2-4-6-7/h2-5,8-9,12H,10-11,18H2,1H3,(H2,19,20,21);7H,2-6H2,1H3. The van der Waals surface area contributed by atoms with Gasteiger partial charge < -0.3 is 15.2 Å². The Hall–Kier alpha value is -2.86. The van der Waals surface area contributed by atoms with Crippen molar-refractivity contribution in [3.05, 3.63) is 59.2 Å². The molecule has 0 amide bonds. The second-order valence-electron chi connectivity index (χ2n) is 7.84. The Balaban J connectivity index is 0.000000321. The van der Waals surface area contributed by atoms with Gasteiger partial charge in [-0.2, -0.15) is 0 Å². The second-order valence-corrected chi connectivity index (χ2v) is 9.40. The summed E-state index contributed by atoms with van der Waals surface area (Å²) in [6, 6.07) is 12.1. The molecular weight excluding hydrogens is 440 g/mol. The van der Waals surface area contributed by atoms with Crippen LogP contribution in [0.4, 0.5) is 5.69 Å². The summed E-state index contributed by atoms with van der Waals surface area (Å²) in [4.78, 5) is 10.9. The number of primary sulfonamides is 1. The zero-order chi connectivity index (χ0) is 24.3. The number of anilines is 1. The minimum atomic E-state index is -3.76. The van der Waals surface area contributed by atoms with Crippen molar-refractivity contribution in [2.75, 3.05) is 26.6 Å². The molecule has 0 bridgehead atoms. The monoisotopic (exact) mass is 472 g/mol. The van der Waals surface area contributed by atoms with Gasteiger partial charge in [0.2, 0.25) is 10.0 Å². The number of benzene rings is 2. The lowest BCUT2D eigenvalue weighted by Crippen LogP contribution is -2.18. The molecule has 7 nitrogen and oxygen atoms in total. The number of hydrogen-bond donors (Lipinski definition) is 2. The first kappa shape index (κ1) is 26.4. The molecule has 4 N–H and O–H groups in total. The summed E-state index contributed by atoms with van der Waals surface area (Å²) in [6.45, 7) is 0.679. The fraction of sp³-hybridized carbons (Fsp3) is 0.400. The average Bonchev–Trinajstić information content (AvgIpc) is 2.82. The highest BCUT2D eigenvalue weighted by atomic mass is 32.2. The van der Waals surface area contributed by atoms with E-state index in [0.717, 1.165) is 24.8 Å². The van der Waals surface area contributed by atoms with Gasteiger partial charge in [-0.15, -0.1) is 0 Å². The van der Waals surface area contributed by atoms with E-state index in [0.29, 0.717) is 12.2 Å². The number of carbonyl (C=O) groups excluding carboxylic acids is 1. The summed E-state index contributed by atoms with van der Waals surface area (Å²) >= 11 is 0. The maximum atomic E-state index is 11.3. The van der Waals surface area contributed by atoms with Gasteiger partial charge in [-0.1, -0.05) is 43.2 Å². The zero-order valence-electron chi connectivity index (χ0n) is 19.2.